The Bertz CT molecular complexity index is 184. The molecule has 0 aromatic carbocycles. The van der Waals surface area contributed by atoms with Crippen molar-refractivity contribution in [1.29, 1.82) is 0 Å². The Labute approximate surface area is 85.4 Å². The van der Waals surface area contributed by atoms with Crippen LogP contribution in [0.15, 0.2) is 0 Å². The molecule has 0 spiro atoms. The van der Waals surface area contributed by atoms with Crippen LogP contribution in [0.25, 0.3) is 0 Å². The van der Waals surface area contributed by atoms with Gasteiger partial charge in [-0.25, -0.2) is 0 Å². The van der Waals surface area contributed by atoms with Crippen LogP contribution in [0.2, 0.25) is 0 Å². The number of carbonyl (C=O) groups excluding carboxylic acids is 1. The average molecular weight is 202 g/mol. The molecule has 1 fully saturated rings. The zero-order valence-electron chi connectivity index (χ0n) is 8.29. The maximum absolute atomic E-state index is 11.6. The van der Waals surface area contributed by atoms with Gasteiger partial charge in [-0.15, -0.1) is 0 Å². The highest BCUT2D eigenvalue weighted by atomic mass is 32.1. The van der Waals surface area contributed by atoms with E-state index in [0.29, 0.717) is 0 Å². The second kappa shape index (κ2) is 4.86. The van der Waals surface area contributed by atoms with Crippen LogP contribution in [-0.4, -0.2) is 29.3 Å². The number of nitrogens with one attached hydrogen (secondary N) is 1. The average Bonchev–Trinajstić information content (AvgIpc) is 2.03. The van der Waals surface area contributed by atoms with E-state index in [9.17, 15) is 4.79 Å². The Kier molecular flexibility index (Phi) is 4.06. The smallest absolute Gasteiger partial charge is 0.224 e. The summed E-state index contributed by atoms with van der Waals surface area (Å²) in [5, 5.41) is 2.93. The monoisotopic (exact) mass is 202 g/mol. The van der Waals surface area contributed by atoms with Crippen LogP contribution in [0.3, 0.4) is 0 Å². The van der Waals surface area contributed by atoms with Gasteiger partial charge in [-0.05, 0) is 26.7 Å². The van der Waals surface area contributed by atoms with Gasteiger partial charge >= 0.3 is 0 Å². The molecule has 0 saturated carbocycles. The molecule has 1 aliphatic rings. The third kappa shape index (κ3) is 3.56. The van der Waals surface area contributed by atoms with Crippen molar-refractivity contribution in [3.05, 3.63) is 0 Å². The molecule has 3 nitrogen and oxygen atoms in total. The number of amides is 1. The van der Waals surface area contributed by atoms with Crippen LogP contribution < -0.4 is 5.32 Å². The number of thiol groups is 1. The lowest BCUT2D eigenvalue weighted by Gasteiger charge is -2.28. The van der Waals surface area contributed by atoms with E-state index >= 15 is 0 Å². The minimum absolute atomic E-state index is 0.133. The minimum atomic E-state index is 0.133. The zero-order chi connectivity index (χ0) is 9.84. The van der Waals surface area contributed by atoms with Crippen molar-refractivity contribution in [2.24, 2.45) is 5.92 Å². The molecule has 76 valence electrons. The number of hydrogen-bond donors (Lipinski definition) is 2. The Morgan fingerprint density at radius 3 is 2.85 bits per heavy atom. The van der Waals surface area contributed by atoms with Gasteiger partial charge < -0.3 is 5.32 Å². The Morgan fingerprint density at radius 1 is 1.62 bits per heavy atom. The van der Waals surface area contributed by atoms with E-state index in [-0.39, 0.29) is 17.9 Å². The van der Waals surface area contributed by atoms with E-state index in [4.69, 9.17) is 0 Å². The minimum Gasteiger partial charge on any atom is -0.354 e. The highest BCUT2D eigenvalue weighted by Crippen LogP contribution is 2.17. The lowest BCUT2D eigenvalue weighted by molar-refractivity contribution is -0.126. The van der Waals surface area contributed by atoms with Gasteiger partial charge in [0, 0.05) is 19.1 Å². The normalized spacial score (nSPS) is 24.8. The Hall–Kier alpha value is -0.220. The van der Waals surface area contributed by atoms with Gasteiger partial charge in [0.1, 0.15) is 0 Å². The van der Waals surface area contributed by atoms with Crippen molar-refractivity contribution < 1.29 is 4.79 Å². The molecular formula is C9H18N2OS. The number of nitrogens with zero attached hydrogens (tertiary/aromatic N) is 1. The molecule has 1 unspecified atom stereocenters. The van der Waals surface area contributed by atoms with E-state index in [2.05, 4.69) is 18.1 Å². The fourth-order valence-electron chi connectivity index (χ4n) is 1.57. The molecule has 1 aliphatic heterocycles. The standard InChI is InChI=1S/C9H18N2OS/c1-7(2)10-9(12)8-4-3-5-11(13)6-8/h7-8,13H,3-6H2,1-2H3,(H,10,12). The van der Waals surface area contributed by atoms with Gasteiger partial charge in [0.25, 0.3) is 0 Å². The molecule has 1 rings (SSSR count). The topological polar surface area (TPSA) is 32.3 Å². The summed E-state index contributed by atoms with van der Waals surface area (Å²) in [5.74, 6) is 0.308. The fraction of sp³-hybridized carbons (Fsp3) is 0.889. The predicted octanol–water partition coefficient (Wildman–Crippen LogP) is 1.07. The van der Waals surface area contributed by atoms with E-state index < -0.39 is 0 Å². The van der Waals surface area contributed by atoms with Gasteiger partial charge in [-0.1, -0.05) is 12.8 Å². The Balaban J connectivity index is 2.37. The molecule has 1 N–H and O–H groups in total. The molecule has 0 bridgehead atoms. The summed E-state index contributed by atoms with van der Waals surface area (Å²) in [6.45, 7) is 5.74. The first kappa shape index (κ1) is 10.9. The molecule has 1 amide bonds. The van der Waals surface area contributed by atoms with Crippen LogP contribution in [0, 0.1) is 5.92 Å². The van der Waals surface area contributed by atoms with Crippen LogP contribution in [-0.2, 0) is 4.79 Å². The largest absolute Gasteiger partial charge is 0.354 e. The summed E-state index contributed by atoms with van der Waals surface area (Å²) in [4.78, 5) is 11.6. The number of rotatable bonds is 2. The predicted molar refractivity (Wildman–Crippen MR) is 56.6 cm³/mol. The molecule has 0 aromatic heterocycles. The van der Waals surface area contributed by atoms with E-state index in [1.807, 2.05) is 18.2 Å². The van der Waals surface area contributed by atoms with Gasteiger partial charge in [-0.3, -0.25) is 9.10 Å². The molecule has 0 radical (unpaired) electrons. The van der Waals surface area contributed by atoms with Crippen LogP contribution >= 0.6 is 12.8 Å². The maximum atomic E-state index is 11.6. The summed E-state index contributed by atoms with van der Waals surface area (Å²) in [7, 11) is 0. The van der Waals surface area contributed by atoms with E-state index in [1.165, 1.54) is 0 Å². The molecular weight excluding hydrogens is 184 g/mol. The zero-order valence-corrected chi connectivity index (χ0v) is 9.18. The van der Waals surface area contributed by atoms with Crippen LogP contribution in [0.4, 0.5) is 0 Å². The first-order chi connectivity index (χ1) is 6.09. The summed E-state index contributed by atoms with van der Waals surface area (Å²) in [6, 6.07) is 0.239. The van der Waals surface area contributed by atoms with Crippen molar-refractivity contribution >= 4 is 18.7 Å². The molecule has 4 heteroatoms. The Morgan fingerprint density at radius 2 is 2.31 bits per heavy atom. The third-order valence-electron chi connectivity index (χ3n) is 2.20. The lowest BCUT2D eigenvalue weighted by atomic mass is 9.98. The van der Waals surface area contributed by atoms with Gasteiger partial charge in [0.15, 0.2) is 0 Å². The fourth-order valence-corrected chi connectivity index (χ4v) is 1.91. The highest BCUT2D eigenvalue weighted by Gasteiger charge is 2.24. The molecule has 0 aromatic rings. The number of carbonyl (C=O) groups is 1. The second-order valence-electron chi connectivity index (χ2n) is 3.92. The molecule has 1 heterocycles. The summed E-state index contributed by atoms with van der Waals surface area (Å²) in [5.41, 5.74) is 0. The van der Waals surface area contributed by atoms with Crippen LogP contribution in [0.1, 0.15) is 26.7 Å². The van der Waals surface area contributed by atoms with Gasteiger partial charge in [-0.2, -0.15) is 0 Å². The van der Waals surface area contributed by atoms with Crippen molar-refractivity contribution in [3.63, 3.8) is 0 Å². The highest BCUT2D eigenvalue weighted by molar-refractivity contribution is 7.77. The molecule has 1 atom stereocenters. The second-order valence-corrected chi connectivity index (χ2v) is 4.48. The van der Waals surface area contributed by atoms with Crippen molar-refractivity contribution in [2.75, 3.05) is 13.1 Å². The molecule has 13 heavy (non-hydrogen) atoms. The van der Waals surface area contributed by atoms with Gasteiger partial charge in [0.05, 0.1) is 5.92 Å². The summed E-state index contributed by atoms with van der Waals surface area (Å²) < 4.78 is 1.92. The van der Waals surface area contributed by atoms with E-state index in [1.54, 1.807) is 0 Å². The first-order valence-corrected chi connectivity index (χ1v) is 5.24. The lowest BCUT2D eigenvalue weighted by Crippen LogP contribution is -2.42. The SMILES string of the molecule is CC(C)NC(=O)C1CCCN(S)C1. The van der Waals surface area contributed by atoms with E-state index in [0.717, 1.165) is 25.9 Å². The molecule has 1 saturated heterocycles. The van der Waals surface area contributed by atoms with Gasteiger partial charge in [0.2, 0.25) is 5.91 Å². The van der Waals surface area contributed by atoms with Crippen molar-refractivity contribution in [3.8, 4) is 0 Å². The summed E-state index contributed by atoms with van der Waals surface area (Å²) in [6.07, 6.45) is 2.06. The summed E-state index contributed by atoms with van der Waals surface area (Å²) >= 11 is 4.26. The van der Waals surface area contributed by atoms with Crippen molar-refractivity contribution in [1.82, 2.24) is 9.62 Å². The molecule has 0 aliphatic carbocycles. The quantitative estimate of drug-likeness (QED) is 0.657. The van der Waals surface area contributed by atoms with Crippen molar-refractivity contribution in [2.45, 2.75) is 32.7 Å². The number of piperidine rings is 1. The maximum Gasteiger partial charge on any atom is 0.224 e. The number of hydrogen-bond acceptors (Lipinski definition) is 3. The third-order valence-corrected chi connectivity index (χ3v) is 2.56. The first-order valence-electron chi connectivity index (χ1n) is 4.84. The van der Waals surface area contributed by atoms with Crippen LogP contribution in [0.5, 0.6) is 0 Å².